The largest absolute Gasteiger partial charge is 0.371 e. The Labute approximate surface area is 106 Å². The lowest BCUT2D eigenvalue weighted by Gasteiger charge is -2.18. The average Bonchev–Trinajstić information content (AvgIpc) is 2.52. The van der Waals surface area contributed by atoms with Crippen molar-refractivity contribution in [2.75, 3.05) is 18.5 Å². The number of carbonyl (C=O) groups is 1. The van der Waals surface area contributed by atoms with E-state index < -0.39 is 23.3 Å². The number of nitrogens with zero attached hydrogens (tertiary/aromatic N) is 4. The van der Waals surface area contributed by atoms with Crippen molar-refractivity contribution in [1.82, 2.24) is 14.9 Å². The quantitative estimate of drug-likeness (QED) is 0.818. The lowest BCUT2D eigenvalue weighted by Crippen LogP contribution is -2.35. The third-order valence-electron chi connectivity index (χ3n) is 2.46. The molecule has 0 radical (unpaired) electrons. The van der Waals surface area contributed by atoms with Gasteiger partial charge < -0.3 is 10.0 Å². The molecule has 0 spiro atoms. The van der Waals surface area contributed by atoms with E-state index in [2.05, 4.69) is 9.97 Å². The Kier molecular flexibility index (Phi) is 3.07. The average molecular weight is 279 g/mol. The van der Waals surface area contributed by atoms with Crippen molar-refractivity contribution in [2.24, 2.45) is 0 Å². The second-order valence-corrected chi connectivity index (χ2v) is 4.25. The molecular formula is C9H9ClF2N4O2. The van der Waals surface area contributed by atoms with Gasteiger partial charge in [-0.05, 0) is 11.6 Å². The van der Waals surface area contributed by atoms with Gasteiger partial charge in [-0.2, -0.15) is 8.78 Å². The molecule has 1 aromatic heterocycles. The number of β-amino-alcohol motifs (C(OH)–C–C–N with tert-alkyl or cyclic N) is 1. The summed E-state index contributed by atoms with van der Waals surface area (Å²) in [7, 11) is 1.48. The molecule has 1 atom stereocenters. The number of rotatable bonds is 2. The molecule has 1 fully saturated rings. The SMILES string of the molecule is CN1CC(O)N(c2cc(C(F)(F)Cl)ncn2)C1=O. The molecule has 1 aliphatic heterocycles. The molecule has 6 nitrogen and oxygen atoms in total. The lowest BCUT2D eigenvalue weighted by atomic mass is 10.3. The van der Waals surface area contributed by atoms with E-state index in [0.717, 1.165) is 17.3 Å². The molecule has 98 valence electrons. The highest BCUT2D eigenvalue weighted by Crippen LogP contribution is 2.32. The molecule has 0 aliphatic carbocycles. The van der Waals surface area contributed by atoms with E-state index >= 15 is 0 Å². The minimum Gasteiger partial charge on any atom is -0.371 e. The fourth-order valence-electron chi connectivity index (χ4n) is 1.60. The van der Waals surface area contributed by atoms with Crippen LogP contribution in [0.4, 0.5) is 19.4 Å². The summed E-state index contributed by atoms with van der Waals surface area (Å²) in [5.41, 5.74) is -0.733. The molecule has 2 rings (SSSR count). The fraction of sp³-hybridized carbons (Fsp3) is 0.444. The first kappa shape index (κ1) is 12.9. The molecular weight excluding hydrogens is 270 g/mol. The van der Waals surface area contributed by atoms with Gasteiger partial charge in [0.1, 0.15) is 17.8 Å². The van der Waals surface area contributed by atoms with Gasteiger partial charge in [-0.15, -0.1) is 0 Å². The van der Waals surface area contributed by atoms with Crippen molar-refractivity contribution in [3.8, 4) is 0 Å². The molecule has 0 saturated carbocycles. The number of likely N-dealkylation sites (N-methyl/N-ethyl adjacent to an activating group) is 1. The highest BCUT2D eigenvalue weighted by Gasteiger charge is 2.37. The molecule has 1 aromatic rings. The maximum Gasteiger partial charge on any atom is 0.364 e. The minimum absolute atomic E-state index is 0.0649. The van der Waals surface area contributed by atoms with Crippen molar-refractivity contribution in [2.45, 2.75) is 11.6 Å². The zero-order chi connectivity index (χ0) is 13.5. The monoisotopic (exact) mass is 278 g/mol. The Morgan fingerprint density at radius 3 is 2.72 bits per heavy atom. The second kappa shape index (κ2) is 4.29. The summed E-state index contributed by atoms with van der Waals surface area (Å²) < 4.78 is 25.8. The third kappa shape index (κ3) is 2.21. The Morgan fingerprint density at radius 2 is 2.22 bits per heavy atom. The summed E-state index contributed by atoms with van der Waals surface area (Å²) in [6.45, 7) is 0.0649. The van der Waals surface area contributed by atoms with Gasteiger partial charge in [-0.1, -0.05) is 0 Å². The molecule has 1 unspecified atom stereocenters. The van der Waals surface area contributed by atoms with E-state index in [1.807, 2.05) is 0 Å². The Balaban J connectivity index is 2.37. The Hall–Kier alpha value is -1.54. The topological polar surface area (TPSA) is 69.6 Å². The number of hydrogen-bond acceptors (Lipinski definition) is 4. The number of anilines is 1. The van der Waals surface area contributed by atoms with Crippen LogP contribution in [0.5, 0.6) is 0 Å². The van der Waals surface area contributed by atoms with Crippen LogP contribution < -0.4 is 4.90 Å². The summed E-state index contributed by atoms with van der Waals surface area (Å²) in [6.07, 6.45) is -0.284. The van der Waals surface area contributed by atoms with Crippen LogP contribution in [0, 0.1) is 0 Å². The number of aliphatic hydroxyl groups is 1. The number of aliphatic hydroxyl groups excluding tert-OH is 1. The van der Waals surface area contributed by atoms with Gasteiger partial charge in [0.15, 0.2) is 6.23 Å². The summed E-state index contributed by atoms with van der Waals surface area (Å²) in [5, 5.41) is 6.00. The maximum absolute atomic E-state index is 12.9. The predicted molar refractivity (Wildman–Crippen MR) is 58.3 cm³/mol. The van der Waals surface area contributed by atoms with Gasteiger partial charge in [-0.25, -0.2) is 19.7 Å². The molecule has 1 N–H and O–H groups in total. The van der Waals surface area contributed by atoms with E-state index in [9.17, 15) is 18.7 Å². The van der Waals surface area contributed by atoms with E-state index in [0.29, 0.717) is 0 Å². The first-order valence-corrected chi connectivity index (χ1v) is 5.30. The van der Waals surface area contributed by atoms with E-state index in [1.165, 1.54) is 11.9 Å². The zero-order valence-corrected chi connectivity index (χ0v) is 9.97. The Morgan fingerprint density at radius 1 is 1.56 bits per heavy atom. The highest BCUT2D eigenvalue weighted by atomic mass is 35.5. The number of urea groups is 1. The molecule has 1 aliphatic rings. The summed E-state index contributed by atoms with van der Waals surface area (Å²) in [6, 6.07) is 0.331. The van der Waals surface area contributed by atoms with Gasteiger partial charge in [-0.3, -0.25) is 0 Å². The Bertz CT molecular complexity index is 482. The van der Waals surface area contributed by atoms with Crippen LogP contribution in [0.15, 0.2) is 12.4 Å². The van der Waals surface area contributed by atoms with Crippen LogP contribution in [0.2, 0.25) is 0 Å². The van der Waals surface area contributed by atoms with Crippen LogP contribution in [-0.4, -0.2) is 45.8 Å². The predicted octanol–water partition coefficient (Wildman–Crippen LogP) is 0.955. The number of hydrogen-bond donors (Lipinski definition) is 1. The standard InChI is InChI=1S/C9H9ClF2N4O2/c1-15-3-7(17)16(8(15)18)6-2-5(9(10,11)12)13-4-14-6/h2,4,7,17H,3H2,1H3. The van der Waals surface area contributed by atoms with Gasteiger partial charge in [0.2, 0.25) is 0 Å². The number of aromatic nitrogens is 2. The number of carbonyl (C=O) groups excluding carboxylic acids is 1. The van der Waals surface area contributed by atoms with Gasteiger partial charge in [0.25, 0.3) is 0 Å². The normalized spacial score (nSPS) is 20.7. The van der Waals surface area contributed by atoms with E-state index in [-0.39, 0.29) is 12.4 Å². The highest BCUT2D eigenvalue weighted by molar-refractivity contribution is 6.21. The van der Waals surface area contributed by atoms with Crippen LogP contribution in [0.25, 0.3) is 0 Å². The summed E-state index contributed by atoms with van der Waals surface area (Å²) in [4.78, 5) is 20.8. The maximum atomic E-state index is 12.9. The first-order chi connectivity index (χ1) is 8.30. The second-order valence-electron chi connectivity index (χ2n) is 3.77. The van der Waals surface area contributed by atoms with Gasteiger partial charge >= 0.3 is 11.4 Å². The van der Waals surface area contributed by atoms with Crippen LogP contribution in [0.1, 0.15) is 5.69 Å². The summed E-state index contributed by atoms with van der Waals surface area (Å²) >= 11 is 4.84. The van der Waals surface area contributed by atoms with Crippen molar-refractivity contribution in [3.63, 3.8) is 0 Å². The molecule has 18 heavy (non-hydrogen) atoms. The zero-order valence-electron chi connectivity index (χ0n) is 9.22. The summed E-state index contributed by atoms with van der Waals surface area (Å²) in [5.74, 6) is -0.123. The van der Waals surface area contributed by atoms with Crippen molar-refractivity contribution in [1.29, 1.82) is 0 Å². The van der Waals surface area contributed by atoms with Crippen molar-refractivity contribution in [3.05, 3.63) is 18.1 Å². The van der Waals surface area contributed by atoms with Crippen molar-refractivity contribution >= 4 is 23.4 Å². The lowest BCUT2D eigenvalue weighted by molar-refractivity contribution is 0.0897. The third-order valence-corrected chi connectivity index (χ3v) is 2.65. The van der Waals surface area contributed by atoms with Crippen LogP contribution in [0.3, 0.4) is 0 Å². The minimum atomic E-state index is -3.66. The molecule has 2 heterocycles. The van der Waals surface area contributed by atoms with Gasteiger partial charge in [0, 0.05) is 13.1 Å². The molecule has 1 saturated heterocycles. The fourth-order valence-corrected chi connectivity index (χ4v) is 1.70. The van der Waals surface area contributed by atoms with E-state index in [1.54, 1.807) is 0 Å². The van der Waals surface area contributed by atoms with Crippen LogP contribution >= 0.6 is 11.6 Å². The molecule has 2 amide bonds. The smallest absolute Gasteiger partial charge is 0.364 e. The molecule has 0 bridgehead atoms. The number of halogens is 3. The molecule has 9 heteroatoms. The molecule has 0 aromatic carbocycles. The van der Waals surface area contributed by atoms with Gasteiger partial charge in [0.05, 0.1) is 6.54 Å². The number of amides is 2. The number of alkyl halides is 3. The van der Waals surface area contributed by atoms with Crippen molar-refractivity contribution < 1.29 is 18.7 Å². The van der Waals surface area contributed by atoms with Crippen LogP contribution in [-0.2, 0) is 5.38 Å². The van der Waals surface area contributed by atoms with E-state index in [4.69, 9.17) is 11.6 Å². The first-order valence-electron chi connectivity index (χ1n) is 4.92.